The number of hydrogen-bond acceptors (Lipinski definition) is 8. The van der Waals surface area contributed by atoms with Crippen molar-refractivity contribution in [3.05, 3.63) is 48.3 Å². The lowest BCUT2D eigenvalue weighted by Crippen LogP contribution is -2.48. The molecule has 12 heteroatoms. The second-order valence-electron chi connectivity index (χ2n) is 7.69. The van der Waals surface area contributed by atoms with Crippen LogP contribution in [0.15, 0.2) is 42.6 Å². The standard InChI is InChI=1S/C20H22F3N9/c21-20(22,23)4-15-11-32-16(7-29-18(32)8-28-15)19-27-2-1-17(30-19)31-9-12(3-14(26)10-31)13(5-24)6-25/h1-2,5-8,11-12,14,24H,3-4,9-10,25-26H2/b13-6+,24-5?. The topological polar surface area (TPSA) is 135 Å². The minimum atomic E-state index is -4.37. The quantitative estimate of drug-likeness (QED) is 0.511. The first-order valence-corrected chi connectivity index (χ1v) is 9.92. The van der Waals surface area contributed by atoms with Crippen molar-refractivity contribution in [3.63, 3.8) is 0 Å². The molecule has 3 aromatic heterocycles. The van der Waals surface area contributed by atoms with Gasteiger partial charge in [-0.05, 0) is 24.3 Å². The molecule has 0 amide bonds. The summed E-state index contributed by atoms with van der Waals surface area (Å²) in [6.45, 7) is 1.14. The number of hydrogen-bond donors (Lipinski definition) is 3. The average Bonchev–Trinajstić information content (AvgIpc) is 3.16. The highest BCUT2D eigenvalue weighted by atomic mass is 19.4. The second kappa shape index (κ2) is 8.54. The molecule has 168 valence electrons. The Morgan fingerprint density at radius 1 is 1.22 bits per heavy atom. The van der Waals surface area contributed by atoms with Gasteiger partial charge in [0.15, 0.2) is 11.5 Å². The van der Waals surface area contributed by atoms with E-state index in [-0.39, 0.29) is 17.7 Å². The summed E-state index contributed by atoms with van der Waals surface area (Å²) in [5.74, 6) is 0.930. The third-order valence-corrected chi connectivity index (χ3v) is 5.34. The van der Waals surface area contributed by atoms with E-state index in [2.05, 4.69) is 19.9 Å². The van der Waals surface area contributed by atoms with Gasteiger partial charge in [0.05, 0.1) is 24.5 Å². The van der Waals surface area contributed by atoms with E-state index in [1.54, 1.807) is 12.3 Å². The van der Waals surface area contributed by atoms with Gasteiger partial charge in [0.25, 0.3) is 0 Å². The van der Waals surface area contributed by atoms with Gasteiger partial charge in [-0.1, -0.05) is 0 Å². The first-order chi connectivity index (χ1) is 15.3. The molecule has 5 N–H and O–H groups in total. The fraction of sp³-hybridized carbons (Fsp3) is 0.350. The highest BCUT2D eigenvalue weighted by molar-refractivity contribution is 5.76. The van der Waals surface area contributed by atoms with Crippen molar-refractivity contribution in [1.82, 2.24) is 24.3 Å². The second-order valence-corrected chi connectivity index (χ2v) is 7.69. The van der Waals surface area contributed by atoms with Crippen LogP contribution in [0.25, 0.3) is 17.2 Å². The van der Waals surface area contributed by atoms with Crippen LogP contribution in [-0.2, 0) is 6.42 Å². The number of halogens is 3. The normalized spacial score (nSPS) is 20.0. The molecule has 0 aromatic carbocycles. The van der Waals surface area contributed by atoms with Gasteiger partial charge >= 0.3 is 6.18 Å². The number of nitrogens with two attached hydrogens (primary N) is 2. The molecular weight excluding hydrogens is 423 g/mol. The van der Waals surface area contributed by atoms with Crippen LogP contribution in [0.4, 0.5) is 19.0 Å². The number of alkyl halides is 3. The molecule has 1 saturated heterocycles. The lowest BCUT2D eigenvalue weighted by atomic mass is 9.89. The lowest BCUT2D eigenvalue weighted by Gasteiger charge is -2.37. The van der Waals surface area contributed by atoms with E-state index < -0.39 is 12.6 Å². The molecule has 1 aliphatic heterocycles. The van der Waals surface area contributed by atoms with Crippen LogP contribution in [0.2, 0.25) is 0 Å². The molecule has 1 aliphatic rings. The van der Waals surface area contributed by atoms with Crippen LogP contribution in [-0.4, -0.2) is 55.9 Å². The molecule has 4 heterocycles. The molecule has 0 spiro atoms. The fourth-order valence-corrected chi connectivity index (χ4v) is 3.91. The largest absolute Gasteiger partial charge is 0.404 e. The van der Waals surface area contributed by atoms with Crippen molar-refractivity contribution in [1.29, 1.82) is 5.41 Å². The van der Waals surface area contributed by atoms with E-state index in [9.17, 15) is 13.2 Å². The Labute approximate surface area is 181 Å². The number of aromatic nitrogens is 5. The summed E-state index contributed by atoms with van der Waals surface area (Å²) in [6.07, 6.45) is 3.53. The number of piperidine rings is 1. The fourth-order valence-electron chi connectivity index (χ4n) is 3.91. The van der Waals surface area contributed by atoms with Crippen LogP contribution >= 0.6 is 0 Å². The molecule has 9 nitrogen and oxygen atoms in total. The Morgan fingerprint density at radius 3 is 2.75 bits per heavy atom. The monoisotopic (exact) mass is 445 g/mol. The van der Waals surface area contributed by atoms with E-state index in [0.717, 1.165) is 0 Å². The summed E-state index contributed by atoms with van der Waals surface area (Å²) in [5, 5.41) is 7.57. The van der Waals surface area contributed by atoms with Gasteiger partial charge in [-0.2, -0.15) is 13.2 Å². The van der Waals surface area contributed by atoms with Crippen LogP contribution in [0.1, 0.15) is 12.1 Å². The summed E-state index contributed by atoms with van der Waals surface area (Å²) < 4.78 is 39.9. The number of anilines is 1. The Kier molecular flexibility index (Phi) is 5.78. The number of rotatable bonds is 5. The third-order valence-electron chi connectivity index (χ3n) is 5.34. The van der Waals surface area contributed by atoms with Crippen LogP contribution in [0.3, 0.4) is 0 Å². The van der Waals surface area contributed by atoms with Crippen LogP contribution < -0.4 is 16.4 Å². The molecule has 0 bridgehead atoms. The van der Waals surface area contributed by atoms with Gasteiger partial charge in [-0.25, -0.2) is 15.0 Å². The first kappa shape index (κ1) is 21.7. The molecule has 0 aliphatic carbocycles. The minimum Gasteiger partial charge on any atom is -0.404 e. The van der Waals surface area contributed by atoms with Gasteiger partial charge in [0.1, 0.15) is 11.5 Å². The smallest absolute Gasteiger partial charge is 0.394 e. The zero-order valence-corrected chi connectivity index (χ0v) is 17.0. The summed E-state index contributed by atoms with van der Waals surface area (Å²) >= 11 is 0. The van der Waals surface area contributed by atoms with Crippen LogP contribution in [0.5, 0.6) is 0 Å². The number of nitrogens with zero attached hydrogens (tertiary/aromatic N) is 6. The molecule has 0 radical (unpaired) electrons. The Bertz CT molecular complexity index is 1150. The molecule has 32 heavy (non-hydrogen) atoms. The maximum atomic E-state index is 12.8. The number of fused-ring (bicyclic) bond motifs is 1. The van der Waals surface area contributed by atoms with Gasteiger partial charge < -0.3 is 21.8 Å². The first-order valence-electron chi connectivity index (χ1n) is 9.92. The highest BCUT2D eigenvalue weighted by Gasteiger charge is 2.29. The zero-order valence-electron chi connectivity index (χ0n) is 17.0. The van der Waals surface area contributed by atoms with Crippen molar-refractivity contribution in [3.8, 4) is 11.5 Å². The van der Waals surface area contributed by atoms with Crippen molar-refractivity contribution in [2.45, 2.75) is 25.1 Å². The van der Waals surface area contributed by atoms with Crippen LogP contribution in [0, 0.1) is 11.3 Å². The van der Waals surface area contributed by atoms with Crippen molar-refractivity contribution in [2.24, 2.45) is 17.4 Å². The molecular formula is C20H22F3N9. The Morgan fingerprint density at radius 2 is 2.03 bits per heavy atom. The summed E-state index contributed by atoms with van der Waals surface area (Å²) in [5.41, 5.74) is 13.3. The van der Waals surface area contributed by atoms with Gasteiger partial charge in [0, 0.05) is 43.7 Å². The summed E-state index contributed by atoms with van der Waals surface area (Å²) in [7, 11) is 0. The number of imidazole rings is 1. The van der Waals surface area contributed by atoms with E-state index >= 15 is 0 Å². The van der Waals surface area contributed by atoms with Gasteiger partial charge in [-0.3, -0.25) is 9.38 Å². The average molecular weight is 445 g/mol. The molecule has 0 saturated carbocycles. The number of nitrogens with one attached hydrogen (secondary N) is 1. The third kappa shape index (κ3) is 4.54. The summed E-state index contributed by atoms with van der Waals surface area (Å²) in [4.78, 5) is 19.0. The minimum absolute atomic E-state index is 0.00790. The molecule has 2 unspecified atom stereocenters. The Balaban J connectivity index is 1.66. The predicted molar refractivity (Wildman–Crippen MR) is 113 cm³/mol. The van der Waals surface area contributed by atoms with E-state index in [4.69, 9.17) is 16.9 Å². The summed E-state index contributed by atoms with van der Waals surface area (Å²) in [6, 6.07) is 1.61. The lowest BCUT2D eigenvalue weighted by molar-refractivity contribution is -0.127. The molecule has 1 fully saturated rings. The maximum Gasteiger partial charge on any atom is 0.394 e. The van der Waals surface area contributed by atoms with Crippen molar-refractivity contribution < 1.29 is 13.2 Å². The Hall–Kier alpha value is -3.54. The van der Waals surface area contributed by atoms with Crippen molar-refractivity contribution >= 4 is 17.7 Å². The van der Waals surface area contributed by atoms with Gasteiger partial charge in [-0.15, -0.1) is 0 Å². The zero-order chi connectivity index (χ0) is 22.9. The van der Waals surface area contributed by atoms with E-state index in [1.165, 1.54) is 35.4 Å². The van der Waals surface area contributed by atoms with E-state index in [1.807, 2.05) is 4.90 Å². The van der Waals surface area contributed by atoms with Crippen molar-refractivity contribution in [2.75, 3.05) is 18.0 Å². The highest BCUT2D eigenvalue weighted by Crippen LogP contribution is 2.27. The molecule has 4 rings (SSSR count). The predicted octanol–water partition coefficient (Wildman–Crippen LogP) is 1.94. The maximum absolute atomic E-state index is 12.8. The SMILES string of the molecule is N=C/C(=C\N)C1CC(N)CN(c2ccnc(-c3cnc4cnc(CC(F)(F)F)cn34)n2)C1. The molecule has 2 atom stereocenters. The molecule has 3 aromatic rings. The van der Waals surface area contributed by atoms with E-state index in [0.29, 0.717) is 48.1 Å². The van der Waals surface area contributed by atoms with Gasteiger partial charge in [0.2, 0.25) is 0 Å².